The van der Waals surface area contributed by atoms with E-state index in [-0.39, 0.29) is 23.7 Å². The molecule has 0 saturated carbocycles. The molecule has 1 saturated heterocycles. The Morgan fingerprint density at radius 2 is 1.59 bits per heavy atom. The Bertz CT molecular complexity index is 831. The Morgan fingerprint density at radius 1 is 1.06 bits per heavy atom. The minimum Gasteiger partial charge on any atom is -0.450 e. The molecule has 32 heavy (non-hydrogen) atoms. The maximum absolute atomic E-state index is 11.9. The van der Waals surface area contributed by atoms with Gasteiger partial charge in [0.2, 0.25) is 0 Å². The summed E-state index contributed by atoms with van der Waals surface area (Å²) < 4.78 is 17.7. The van der Waals surface area contributed by atoms with Crippen molar-refractivity contribution in [3.63, 3.8) is 0 Å². The van der Waals surface area contributed by atoms with Crippen molar-refractivity contribution in [2.24, 2.45) is 5.92 Å². The fourth-order valence-corrected chi connectivity index (χ4v) is 9.12. The van der Waals surface area contributed by atoms with Gasteiger partial charge in [-0.3, -0.25) is 0 Å². The minimum absolute atomic E-state index is 0.146. The van der Waals surface area contributed by atoms with E-state index in [2.05, 4.69) is 50.4 Å². The summed E-state index contributed by atoms with van der Waals surface area (Å²) >= 11 is 0. The number of aliphatic hydroxyl groups is 1. The van der Waals surface area contributed by atoms with Crippen molar-refractivity contribution in [2.45, 2.75) is 58.1 Å². The number of benzene rings is 2. The zero-order valence-corrected chi connectivity index (χ0v) is 20.6. The third kappa shape index (κ3) is 4.91. The van der Waals surface area contributed by atoms with Crippen LogP contribution in [0.4, 0.5) is 4.79 Å². The van der Waals surface area contributed by atoms with Crippen molar-refractivity contribution in [3.05, 3.63) is 60.7 Å². The van der Waals surface area contributed by atoms with E-state index in [0.29, 0.717) is 6.61 Å². The van der Waals surface area contributed by atoms with Gasteiger partial charge in [0, 0.05) is 5.92 Å². The van der Waals surface area contributed by atoms with Gasteiger partial charge in [0.05, 0.1) is 25.4 Å². The second-order valence-corrected chi connectivity index (χ2v) is 13.6. The predicted molar refractivity (Wildman–Crippen MR) is 128 cm³/mol. The third-order valence-electron chi connectivity index (χ3n) is 6.22. The molecular formula is C25H35NO5Si. The highest BCUT2D eigenvalue weighted by Crippen LogP contribution is 2.37. The Kier molecular flexibility index (Phi) is 7.77. The highest BCUT2D eigenvalue weighted by molar-refractivity contribution is 6.99. The number of aliphatic hydroxyl groups excluding tert-OH is 1. The van der Waals surface area contributed by atoms with Gasteiger partial charge in [-0.2, -0.15) is 0 Å². The van der Waals surface area contributed by atoms with Crippen LogP contribution in [-0.2, 0) is 13.9 Å². The van der Waals surface area contributed by atoms with Crippen molar-refractivity contribution in [3.8, 4) is 0 Å². The summed E-state index contributed by atoms with van der Waals surface area (Å²) in [5, 5.41) is 15.4. The van der Waals surface area contributed by atoms with Gasteiger partial charge in [-0.1, -0.05) is 88.4 Å². The van der Waals surface area contributed by atoms with E-state index in [1.807, 2.05) is 43.3 Å². The van der Waals surface area contributed by atoms with Crippen LogP contribution in [0.25, 0.3) is 0 Å². The van der Waals surface area contributed by atoms with Crippen LogP contribution >= 0.6 is 0 Å². The number of rotatable bonds is 7. The molecule has 7 heteroatoms. The summed E-state index contributed by atoms with van der Waals surface area (Å²) in [6.45, 7) is 10.9. The molecule has 1 aliphatic rings. The van der Waals surface area contributed by atoms with E-state index in [4.69, 9.17) is 13.9 Å². The molecule has 1 aliphatic heterocycles. The van der Waals surface area contributed by atoms with Gasteiger partial charge in [0.1, 0.15) is 0 Å². The van der Waals surface area contributed by atoms with Crippen LogP contribution in [0.3, 0.4) is 0 Å². The van der Waals surface area contributed by atoms with Crippen LogP contribution in [-0.4, -0.2) is 51.2 Å². The first-order valence-electron chi connectivity index (χ1n) is 11.2. The Balaban J connectivity index is 1.89. The highest BCUT2D eigenvalue weighted by atomic mass is 28.4. The molecule has 1 unspecified atom stereocenters. The zero-order chi connectivity index (χ0) is 23.4. The topological polar surface area (TPSA) is 77.0 Å². The van der Waals surface area contributed by atoms with E-state index in [1.165, 1.54) is 10.4 Å². The number of amides is 1. The van der Waals surface area contributed by atoms with Gasteiger partial charge in [0.15, 0.2) is 6.29 Å². The second-order valence-electron chi connectivity index (χ2n) is 9.29. The minimum atomic E-state index is -2.71. The largest absolute Gasteiger partial charge is 0.450 e. The quantitative estimate of drug-likeness (QED) is 0.625. The molecule has 0 bridgehead atoms. The lowest BCUT2D eigenvalue weighted by atomic mass is 9.99. The van der Waals surface area contributed by atoms with Crippen LogP contribution in [0.1, 0.15) is 34.6 Å². The fraction of sp³-hybridized carbons (Fsp3) is 0.480. The van der Waals surface area contributed by atoms with Gasteiger partial charge in [-0.25, -0.2) is 4.79 Å². The maximum atomic E-state index is 11.9. The predicted octanol–water partition coefficient (Wildman–Crippen LogP) is 3.03. The first kappa shape index (κ1) is 24.4. The number of carbonyl (C=O) groups is 1. The van der Waals surface area contributed by atoms with Crippen LogP contribution < -0.4 is 15.7 Å². The lowest BCUT2D eigenvalue weighted by Crippen LogP contribution is -2.67. The smallest absolute Gasteiger partial charge is 0.407 e. The average molecular weight is 458 g/mol. The molecule has 1 fully saturated rings. The third-order valence-corrected chi connectivity index (χ3v) is 11.2. The summed E-state index contributed by atoms with van der Waals surface area (Å²) in [6, 6.07) is 20.2. The monoisotopic (exact) mass is 457 g/mol. The van der Waals surface area contributed by atoms with Gasteiger partial charge in [0.25, 0.3) is 8.32 Å². The van der Waals surface area contributed by atoms with Gasteiger partial charge >= 0.3 is 6.09 Å². The van der Waals surface area contributed by atoms with Crippen LogP contribution in [0.15, 0.2) is 60.7 Å². The molecule has 1 amide bonds. The summed E-state index contributed by atoms with van der Waals surface area (Å²) in [4.78, 5) is 11.9. The molecule has 174 valence electrons. The van der Waals surface area contributed by atoms with E-state index in [1.54, 1.807) is 6.92 Å². The lowest BCUT2D eigenvalue weighted by Gasteiger charge is -2.43. The number of carbonyl (C=O) groups excluding carboxylic acids is 1. The summed E-state index contributed by atoms with van der Waals surface area (Å²) in [7, 11) is -2.71. The molecule has 1 heterocycles. The van der Waals surface area contributed by atoms with Crippen LogP contribution in [0.5, 0.6) is 0 Å². The molecule has 3 rings (SSSR count). The maximum Gasteiger partial charge on any atom is 0.407 e. The Labute approximate surface area is 192 Å². The van der Waals surface area contributed by atoms with Gasteiger partial charge in [-0.05, 0) is 22.3 Å². The van der Waals surface area contributed by atoms with Gasteiger partial charge in [-0.15, -0.1) is 0 Å². The molecular weight excluding hydrogens is 422 g/mol. The molecule has 0 aromatic heterocycles. The first-order chi connectivity index (χ1) is 15.2. The lowest BCUT2D eigenvalue weighted by molar-refractivity contribution is -0.108. The highest BCUT2D eigenvalue weighted by Gasteiger charge is 2.51. The molecule has 6 nitrogen and oxygen atoms in total. The second kappa shape index (κ2) is 10.2. The van der Waals surface area contributed by atoms with Crippen molar-refractivity contribution >= 4 is 24.8 Å². The number of hydrogen-bond donors (Lipinski definition) is 2. The Hall–Kier alpha value is -2.19. The Morgan fingerprint density at radius 3 is 2.06 bits per heavy atom. The van der Waals surface area contributed by atoms with Crippen LogP contribution in [0.2, 0.25) is 5.04 Å². The molecule has 2 aromatic rings. The fourth-order valence-electron chi connectivity index (χ4n) is 4.55. The van der Waals surface area contributed by atoms with Crippen molar-refractivity contribution < 1.29 is 23.8 Å². The molecule has 0 radical (unpaired) electrons. The first-order valence-corrected chi connectivity index (χ1v) is 13.1. The van der Waals surface area contributed by atoms with E-state index in [0.717, 1.165) is 0 Å². The molecule has 2 N–H and O–H groups in total. The van der Waals surface area contributed by atoms with Crippen molar-refractivity contribution in [2.75, 3.05) is 13.2 Å². The number of ether oxygens (including phenoxy) is 2. The van der Waals surface area contributed by atoms with Crippen molar-refractivity contribution in [1.29, 1.82) is 0 Å². The normalized spacial score (nSPS) is 23.7. The summed E-state index contributed by atoms with van der Waals surface area (Å²) in [5.74, 6) is -0.146. The molecule has 4 atom stereocenters. The summed E-state index contributed by atoms with van der Waals surface area (Å²) in [6.07, 6.45) is -2.03. The number of nitrogens with one attached hydrogen (secondary N) is 1. The van der Waals surface area contributed by atoms with Gasteiger partial charge < -0.3 is 24.3 Å². The van der Waals surface area contributed by atoms with Crippen LogP contribution in [0, 0.1) is 5.92 Å². The van der Waals surface area contributed by atoms with E-state index >= 15 is 0 Å². The zero-order valence-electron chi connectivity index (χ0n) is 19.6. The number of alkyl carbamates (subject to hydrolysis) is 1. The standard InChI is InChI=1S/C25H35NO5Si/c1-6-29-24(28)26-22-18(2)21(31-23(22)27)17-30-32(25(3,4)5,19-13-9-7-10-14-19)20-15-11-8-12-16-20/h7-16,18,21-23,27H,6,17H2,1-5H3,(H,26,28)/t18-,21+,22+,23?/m1/s1. The SMILES string of the molecule is CCOC(=O)N[C@@H]1C(O)O[C@@H](CO[Si](c2ccccc2)(c2ccccc2)C(C)(C)C)[C@H]1C. The van der Waals surface area contributed by atoms with Crippen molar-refractivity contribution in [1.82, 2.24) is 5.32 Å². The summed E-state index contributed by atoms with van der Waals surface area (Å²) in [5.41, 5.74) is 0. The van der Waals surface area contributed by atoms with E-state index < -0.39 is 26.7 Å². The average Bonchev–Trinajstić information content (AvgIpc) is 3.02. The molecule has 2 aromatic carbocycles. The number of hydrogen-bond acceptors (Lipinski definition) is 5. The molecule has 0 aliphatic carbocycles. The van der Waals surface area contributed by atoms with E-state index in [9.17, 15) is 9.90 Å². The molecule has 0 spiro atoms.